The molecule has 2 N–H and O–H groups in total. The molecule has 1 aromatic carbocycles. The molecule has 2 aromatic heterocycles. The second-order valence-corrected chi connectivity index (χ2v) is 6.84. The van der Waals surface area contributed by atoms with Crippen LogP contribution in [0.3, 0.4) is 0 Å². The van der Waals surface area contributed by atoms with Crippen LogP contribution in [0.2, 0.25) is 0 Å². The Morgan fingerprint density at radius 2 is 2.08 bits per heavy atom. The fourth-order valence-electron chi connectivity index (χ4n) is 2.65. The van der Waals surface area contributed by atoms with Gasteiger partial charge in [0, 0.05) is 10.9 Å². The summed E-state index contributed by atoms with van der Waals surface area (Å²) in [7, 11) is 0. The van der Waals surface area contributed by atoms with Gasteiger partial charge >= 0.3 is 6.03 Å². The average molecular weight is 355 g/mol. The molecule has 0 saturated carbocycles. The largest absolute Gasteiger partial charge is 0.360 e. The molecule has 5 nitrogen and oxygen atoms in total. The van der Waals surface area contributed by atoms with Crippen LogP contribution in [0.4, 0.5) is 10.6 Å². The van der Waals surface area contributed by atoms with E-state index in [9.17, 15) is 4.79 Å². The van der Waals surface area contributed by atoms with Crippen molar-refractivity contribution in [2.75, 3.05) is 5.32 Å². The van der Waals surface area contributed by atoms with Crippen molar-refractivity contribution in [3.8, 4) is 0 Å². The summed E-state index contributed by atoms with van der Waals surface area (Å²) in [5, 5.41) is 11.5. The van der Waals surface area contributed by atoms with E-state index in [-0.39, 0.29) is 12.1 Å². The fraction of sp³-hybridized carbons (Fsp3) is 0.263. The van der Waals surface area contributed by atoms with Crippen molar-refractivity contribution in [1.29, 1.82) is 0 Å². The number of aromatic nitrogens is 1. The molecule has 0 aliphatic heterocycles. The molecule has 1 unspecified atom stereocenters. The van der Waals surface area contributed by atoms with Crippen molar-refractivity contribution in [3.63, 3.8) is 0 Å². The Balaban J connectivity index is 1.77. The van der Waals surface area contributed by atoms with Gasteiger partial charge in [0.2, 0.25) is 0 Å². The predicted molar refractivity (Wildman–Crippen MR) is 100.0 cm³/mol. The number of amides is 2. The molecule has 0 saturated heterocycles. The molecular weight excluding hydrogens is 334 g/mol. The molecule has 6 heteroatoms. The highest BCUT2D eigenvalue weighted by atomic mass is 32.1. The zero-order valence-electron chi connectivity index (χ0n) is 14.3. The van der Waals surface area contributed by atoms with E-state index in [1.165, 1.54) is 5.56 Å². The van der Waals surface area contributed by atoms with Gasteiger partial charge in [0.05, 0.1) is 6.04 Å². The minimum atomic E-state index is -0.315. The van der Waals surface area contributed by atoms with Crippen LogP contribution in [-0.2, 0) is 6.42 Å². The quantitative estimate of drug-likeness (QED) is 0.660. The summed E-state index contributed by atoms with van der Waals surface area (Å²) in [6.45, 7) is 3.95. The van der Waals surface area contributed by atoms with E-state index in [2.05, 4.69) is 47.0 Å². The number of urea groups is 1. The average Bonchev–Trinajstić information content (AvgIpc) is 3.26. The molecule has 2 heterocycles. The van der Waals surface area contributed by atoms with Crippen molar-refractivity contribution < 1.29 is 9.32 Å². The summed E-state index contributed by atoms with van der Waals surface area (Å²) in [4.78, 5) is 13.4. The number of nitrogens with zero attached hydrogens (tertiary/aromatic N) is 1. The molecule has 0 bridgehead atoms. The molecule has 3 aromatic rings. The molecule has 0 spiro atoms. The molecule has 25 heavy (non-hydrogen) atoms. The molecule has 2 amide bonds. The van der Waals surface area contributed by atoms with E-state index in [0.29, 0.717) is 11.6 Å². The third-order valence-electron chi connectivity index (χ3n) is 3.82. The van der Waals surface area contributed by atoms with Crippen molar-refractivity contribution in [2.24, 2.45) is 0 Å². The Morgan fingerprint density at radius 1 is 1.28 bits per heavy atom. The number of anilines is 1. The number of rotatable bonds is 6. The number of nitrogens with one attached hydrogen (secondary N) is 2. The summed E-state index contributed by atoms with van der Waals surface area (Å²) in [5.74, 6) is 1.05. The summed E-state index contributed by atoms with van der Waals surface area (Å²) in [5.41, 5.74) is 2.35. The van der Waals surface area contributed by atoms with E-state index in [1.807, 2.05) is 17.5 Å². The minimum Gasteiger partial charge on any atom is -0.360 e. The van der Waals surface area contributed by atoms with Crippen LogP contribution in [0.5, 0.6) is 0 Å². The summed E-state index contributed by atoms with van der Waals surface area (Å²) in [6.07, 6.45) is 2.18. The van der Waals surface area contributed by atoms with Gasteiger partial charge in [0.25, 0.3) is 0 Å². The summed E-state index contributed by atoms with van der Waals surface area (Å²) in [6, 6.07) is 13.6. The number of carbonyl (C=O) groups excluding carboxylic acids is 1. The lowest BCUT2D eigenvalue weighted by Crippen LogP contribution is -2.32. The number of hydrogen-bond acceptors (Lipinski definition) is 4. The van der Waals surface area contributed by atoms with Gasteiger partial charge in [-0.2, -0.15) is 0 Å². The number of carbonyl (C=O) groups is 1. The van der Waals surface area contributed by atoms with Crippen molar-refractivity contribution in [3.05, 3.63) is 69.6 Å². The molecular formula is C19H21N3O2S. The molecule has 0 aliphatic rings. The Bertz CT molecular complexity index is 810. The number of thiophene rings is 1. The SMILES string of the molecule is CCCc1ccc(C(NC(=O)Nc2cc(C)on2)c2cccs2)cc1. The van der Waals surface area contributed by atoms with Crippen molar-refractivity contribution >= 4 is 23.2 Å². The van der Waals surface area contributed by atoms with Crippen molar-refractivity contribution in [2.45, 2.75) is 32.7 Å². The molecule has 3 rings (SSSR count). The Morgan fingerprint density at radius 3 is 2.68 bits per heavy atom. The first kappa shape index (κ1) is 17.2. The number of benzene rings is 1. The molecule has 0 aliphatic carbocycles. The fourth-order valence-corrected chi connectivity index (χ4v) is 3.45. The van der Waals surface area contributed by atoms with Gasteiger partial charge in [0.1, 0.15) is 5.76 Å². The van der Waals surface area contributed by atoms with Crippen LogP contribution < -0.4 is 10.6 Å². The smallest absolute Gasteiger partial charge is 0.321 e. The monoisotopic (exact) mass is 355 g/mol. The lowest BCUT2D eigenvalue weighted by molar-refractivity contribution is 0.250. The van der Waals surface area contributed by atoms with E-state index in [0.717, 1.165) is 23.3 Å². The Kier molecular flexibility index (Phi) is 5.50. The van der Waals surface area contributed by atoms with E-state index >= 15 is 0 Å². The Hall–Kier alpha value is -2.60. The van der Waals surface area contributed by atoms with E-state index < -0.39 is 0 Å². The lowest BCUT2D eigenvalue weighted by Gasteiger charge is -2.18. The first-order valence-corrected chi connectivity index (χ1v) is 9.16. The summed E-state index contributed by atoms with van der Waals surface area (Å²) < 4.78 is 4.97. The molecule has 0 radical (unpaired) electrons. The highest BCUT2D eigenvalue weighted by Gasteiger charge is 2.18. The number of aryl methyl sites for hydroxylation is 2. The zero-order valence-corrected chi connectivity index (χ0v) is 15.1. The standard InChI is InChI=1S/C19H21N3O2S/c1-3-5-14-7-9-15(10-8-14)18(16-6-4-11-25-16)21-19(23)20-17-12-13(2)24-22-17/h4,6-12,18H,3,5H2,1-2H3,(H2,20,21,22,23). The van der Waals surface area contributed by atoms with Crippen LogP contribution in [-0.4, -0.2) is 11.2 Å². The van der Waals surface area contributed by atoms with E-state index in [1.54, 1.807) is 24.3 Å². The maximum Gasteiger partial charge on any atom is 0.321 e. The van der Waals surface area contributed by atoms with Gasteiger partial charge in [0.15, 0.2) is 5.82 Å². The third kappa shape index (κ3) is 4.48. The zero-order chi connectivity index (χ0) is 17.6. The van der Waals surface area contributed by atoms with Gasteiger partial charge in [-0.15, -0.1) is 11.3 Å². The van der Waals surface area contributed by atoms with E-state index in [4.69, 9.17) is 4.52 Å². The highest BCUT2D eigenvalue weighted by molar-refractivity contribution is 7.10. The molecule has 0 fully saturated rings. The van der Waals surface area contributed by atoms with Gasteiger partial charge in [-0.05, 0) is 35.9 Å². The topological polar surface area (TPSA) is 67.2 Å². The maximum atomic E-state index is 12.4. The van der Waals surface area contributed by atoms with Crippen LogP contribution >= 0.6 is 11.3 Å². The number of hydrogen-bond donors (Lipinski definition) is 2. The lowest BCUT2D eigenvalue weighted by atomic mass is 10.0. The van der Waals surface area contributed by atoms with Crippen LogP contribution in [0.25, 0.3) is 0 Å². The summed E-state index contributed by atoms with van der Waals surface area (Å²) >= 11 is 1.62. The maximum absolute atomic E-state index is 12.4. The molecule has 130 valence electrons. The van der Waals surface area contributed by atoms with Gasteiger partial charge in [-0.25, -0.2) is 4.79 Å². The first-order chi connectivity index (χ1) is 12.2. The van der Waals surface area contributed by atoms with Crippen LogP contribution in [0.15, 0.2) is 52.4 Å². The van der Waals surface area contributed by atoms with Crippen LogP contribution in [0, 0.1) is 6.92 Å². The van der Waals surface area contributed by atoms with Crippen molar-refractivity contribution in [1.82, 2.24) is 10.5 Å². The van der Waals surface area contributed by atoms with Gasteiger partial charge < -0.3 is 9.84 Å². The van der Waals surface area contributed by atoms with Gasteiger partial charge in [-0.3, -0.25) is 5.32 Å². The first-order valence-electron chi connectivity index (χ1n) is 8.29. The third-order valence-corrected chi connectivity index (χ3v) is 4.76. The highest BCUT2D eigenvalue weighted by Crippen LogP contribution is 2.26. The van der Waals surface area contributed by atoms with Gasteiger partial charge in [-0.1, -0.05) is 48.8 Å². The predicted octanol–water partition coefficient (Wildman–Crippen LogP) is 4.91. The van der Waals surface area contributed by atoms with Crippen LogP contribution in [0.1, 0.15) is 41.2 Å². The minimum absolute atomic E-state index is 0.205. The molecule has 1 atom stereocenters. The second-order valence-electron chi connectivity index (χ2n) is 5.86. The second kappa shape index (κ2) is 7.98. The normalized spacial score (nSPS) is 11.9. The Labute approximate surface area is 151 Å².